The van der Waals surface area contributed by atoms with E-state index in [0.29, 0.717) is 22.9 Å². The number of ether oxygens (including phenoxy) is 1. The number of benzene rings is 3. The number of anilines is 2. The monoisotopic (exact) mass is 423 g/mol. The molecular weight excluding hydrogens is 410 g/mol. The number of carbonyl (C=O) groups excluding carboxylic acids is 2. The van der Waals surface area contributed by atoms with Crippen molar-refractivity contribution in [2.24, 2.45) is 0 Å². The Hall–Kier alpha value is -3.91. The molecule has 1 heterocycles. The van der Waals surface area contributed by atoms with Gasteiger partial charge in [-0.1, -0.05) is 23.7 Å². The van der Waals surface area contributed by atoms with Crippen LogP contribution in [0.1, 0.15) is 20.7 Å². The minimum atomic E-state index is -0.597. The minimum Gasteiger partial charge on any atom is -0.454 e. The molecule has 1 aliphatic rings. The summed E-state index contributed by atoms with van der Waals surface area (Å²) in [6, 6.07) is 15.4. The molecule has 8 nitrogen and oxygen atoms in total. The molecule has 0 unspecified atom stereocenters. The summed E-state index contributed by atoms with van der Waals surface area (Å²) in [7, 11) is 1.64. The maximum Gasteiger partial charge on any atom is 0.270 e. The van der Waals surface area contributed by atoms with Gasteiger partial charge < -0.3 is 15.0 Å². The van der Waals surface area contributed by atoms with Crippen molar-refractivity contribution >= 4 is 40.5 Å². The number of hydrogen-bond acceptors (Lipinski definition) is 5. The van der Waals surface area contributed by atoms with Crippen LogP contribution in [0.15, 0.2) is 60.7 Å². The number of para-hydroxylation sites is 2. The first-order valence-corrected chi connectivity index (χ1v) is 9.17. The van der Waals surface area contributed by atoms with Gasteiger partial charge in [0.15, 0.2) is 5.75 Å². The molecule has 0 atom stereocenters. The van der Waals surface area contributed by atoms with Crippen LogP contribution in [0.3, 0.4) is 0 Å². The van der Waals surface area contributed by atoms with E-state index in [0.717, 1.165) is 6.07 Å². The third-order valence-corrected chi connectivity index (χ3v) is 4.94. The Morgan fingerprint density at radius 2 is 1.87 bits per heavy atom. The quantitative estimate of drug-likeness (QED) is 0.477. The topological polar surface area (TPSA) is 102 Å². The molecule has 1 aliphatic heterocycles. The lowest BCUT2D eigenvalue weighted by molar-refractivity contribution is -0.384. The molecule has 0 spiro atoms. The highest BCUT2D eigenvalue weighted by atomic mass is 35.5. The molecule has 0 saturated carbocycles. The maximum absolute atomic E-state index is 12.9. The molecular formula is C21H14ClN3O5. The lowest BCUT2D eigenvalue weighted by atomic mass is 10.1. The van der Waals surface area contributed by atoms with Crippen LogP contribution < -0.4 is 15.0 Å². The largest absolute Gasteiger partial charge is 0.454 e. The molecule has 4 rings (SSSR count). The highest BCUT2D eigenvalue weighted by molar-refractivity contribution is 6.34. The zero-order valence-electron chi connectivity index (χ0n) is 15.6. The Kier molecular flexibility index (Phi) is 4.85. The fourth-order valence-electron chi connectivity index (χ4n) is 3.09. The average Bonchev–Trinajstić information content (AvgIpc) is 2.83. The average molecular weight is 424 g/mol. The van der Waals surface area contributed by atoms with E-state index < -0.39 is 10.8 Å². The summed E-state index contributed by atoms with van der Waals surface area (Å²) in [4.78, 5) is 37.2. The van der Waals surface area contributed by atoms with Crippen LogP contribution in [0.2, 0.25) is 5.02 Å². The zero-order valence-corrected chi connectivity index (χ0v) is 16.3. The molecule has 9 heteroatoms. The van der Waals surface area contributed by atoms with Gasteiger partial charge in [-0.3, -0.25) is 19.7 Å². The van der Waals surface area contributed by atoms with Crippen LogP contribution in [-0.2, 0) is 0 Å². The van der Waals surface area contributed by atoms with Crippen molar-refractivity contribution in [1.29, 1.82) is 0 Å². The van der Waals surface area contributed by atoms with Crippen molar-refractivity contribution in [2.45, 2.75) is 0 Å². The second kappa shape index (κ2) is 7.49. The van der Waals surface area contributed by atoms with Crippen LogP contribution in [0.4, 0.5) is 17.1 Å². The molecule has 0 fully saturated rings. The number of hydrogen-bond donors (Lipinski definition) is 1. The first kappa shape index (κ1) is 19.4. The van der Waals surface area contributed by atoms with Crippen LogP contribution in [0.5, 0.6) is 11.5 Å². The van der Waals surface area contributed by atoms with Crippen LogP contribution >= 0.6 is 11.6 Å². The molecule has 2 amide bonds. The van der Waals surface area contributed by atoms with Gasteiger partial charge in [0.05, 0.1) is 26.8 Å². The van der Waals surface area contributed by atoms with E-state index in [9.17, 15) is 19.7 Å². The van der Waals surface area contributed by atoms with Gasteiger partial charge in [-0.25, -0.2) is 0 Å². The van der Waals surface area contributed by atoms with Crippen molar-refractivity contribution in [3.63, 3.8) is 0 Å². The standard InChI is InChI=1S/C21H14ClN3O5/c1-24-17-4-2-3-5-19(17)30-18-9-6-12(10-15(18)21(24)27)23-20(26)14-8-7-13(25(28)29)11-16(14)22/h2-11H,1H3,(H,23,26). The van der Waals surface area contributed by atoms with Crippen LogP contribution in [0, 0.1) is 10.1 Å². The van der Waals surface area contributed by atoms with E-state index in [2.05, 4.69) is 5.32 Å². The Morgan fingerprint density at radius 1 is 1.10 bits per heavy atom. The molecule has 0 aromatic heterocycles. The number of non-ortho nitro benzene ring substituents is 1. The molecule has 0 bridgehead atoms. The number of nitrogens with one attached hydrogen (secondary N) is 1. The summed E-state index contributed by atoms with van der Waals surface area (Å²) in [5.41, 5.74) is 1.11. The predicted octanol–water partition coefficient (Wildman–Crippen LogP) is 4.88. The summed E-state index contributed by atoms with van der Waals surface area (Å²) >= 11 is 6.02. The van der Waals surface area contributed by atoms with Crippen molar-refractivity contribution in [2.75, 3.05) is 17.3 Å². The lowest BCUT2D eigenvalue weighted by Crippen LogP contribution is -2.25. The number of nitro benzene ring substituents is 1. The summed E-state index contributed by atoms with van der Waals surface area (Å²) in [5.74, 6) is 0.0533. The third-order valence-electron chi connectivity index (χ3n) is 4.63. The fourth-order valence-corrected chi connectivity index (χ4v) is 3.35. The number of carbonyl (C=O) groups is 2. The number of rotatable bonds is 3. The van der Waals surface area contributed by atoms with E-state index in [-0.39, 0.29) is 27.7 Å². The summed E-state index contributed by atoms with van der Waals surface area (Å²) in [6.45, 7) is 0. The minimum absolute atomic E-state index is 0.0500. The SMILES string of the molecule is CN1C(=O)c2cc(NC(=O)c3ccc([N+](=O)[O-])cc3Cl)ccc2Oc2ccccc21. The second-order valence-corrected chi connectivity index (χ2v) is 6.93. The Bertz CT molecular complexity index is 1210. The summed E-state index contributed by atoms with van der Waals surface area (Å²) in [6.07, 6.45) is 0. The van der Waals surface area contributed by atoms with E-state index in [1.165, 1.54) is 23.1 Å². The van der Waals surface area contributed by atoms with Gasteiger partial charge in [0, 0.05) is 24.9 Å². The fraction of sp³-hybridized carbons (Fsp3) is 0.0476. The van der Waals surface area contributed by atoms with Crippen LogP contribution in [-0.4, -0.2) is 23.8 Å². The highest BCUT2D eigenvalue weighted by Gasteiger charge is 2.26. The van der Waals surface area contributed by atoms with E-state index in [1.54, 1.807) is 31.3 Å². The third kappa shape index (κ3) is 3.44. The molecule has 3 aromatic rings. The van der Waals surface area contributed by atoms with Gasteiger partial charge in [0.1, 0.15) is 5.75 Å². The van der Waals surface area contributed by atoms with E-state index in [4.69, 9.17) is 16.3 Å². The molecule has 30 heavy (non-hydrogen) atoms. The van der Waals surface area contributed by atoms with Gasteiger partial charge in [-0.05, 0) is 36.4 Å². The van der Waals surface area contributed by atoms with Crippen LogP contribution in [0.25, 0.3) is 0 Å². The molecule has 3 aromatic carbocycles. The highest BCUT2D eigenvalue weighted by Crippen LogP contribution is 2.39. The number of nitrogens with zero attached hydrogens (tertiary/aromatic N) is 2. The normalized spacial score (nSPS) is 12.3. The Balaban J connectivity index is 1.63. The smallest absolute Gasteiger partial charge is 0.270 e. The molecule has 0 radical (unpaired) electrons. The van der Waals surface area contributed by atoms with Crippen molar-refractivity contribution < 1.29 is 19.2 Å². The first-order chi connectivity index (χ1) is 14.3. The van der Waals surface area contributed by atoms with Crippen molar-refractivity contribution in [3.8, 4) is 11.5 Å². The van der Waals surface area contributed by atoms with Gasteiger partial charge in [0.2, 0.25) is 0 Å². The number of halogens is 1. The Labute approximate surface area is 175 Å². The van der Waals surface area contributed by atoms with Gasteiger partial charge in [-0.15, -0.1) is 0 Å². The molecule has 1 N–H and O–H groups in total. The van der Waals surface area contributed by atoms with Gasteiger partial charge in [-0.2, -0.15) is 0 Å². The van der Waals surface area contributed by atoms with Gasteiger partial charge in [0.25, 0.3) is 17.5 Å². The number of nitro groups is 1. The van der Waals surface area contributed by atoms with Crippen molar-refractivity contribution in [1.82, 2.24) is 0 Å². The van der Waals surface area contributed by atoms with Gasteiger partial charge >= 0.3 is 0 Å². The molecule has 0 aliphatic carbocycles. The number of fused-ring (bicyclic) bond motifs is 2. The summed E-state index contributed by atoms with van der Waals surface area (Å²) in [5, 5.41) is 13.4. The Morgan fingerprint density at radius 3 is 2.60 bits per heavy atom. The number of amides is 2. The molecule has 150 valence electrons. The predicted molar refractivity (Wildman–Crippen MR) is 112 cm³/mol. The van der Waals surface area contributed by atoms with E-state index in [1.807, 2.05) is 12.1 Å². The second-order valence-electron chi connectivity index (χ2n) is 6.52. The van der Waals surface area contributed by atoms with E-state index >= 15 is 0 Å². The maximum atomic E-state index is 12.9. The molecule has 0 saturated heterocycles. The lowest BCUT2D eigenvalue weighted by Gasteiger charge is -2.16. The summed E-state index contributed by atoms with van der Waals surface area (Å²) < 4.78 is 5.88. The first-order valence-electron chi connectivity index (χ1n) is 8.79. The van der Waals surface area contributed by atoms with Crippen molar-refractivity contribution in [3.05, 3.63) is 86.9 Å². The zero-order chi connectivity index (χ0) is 21.4.